The van der Waals surface area contributed by atoms with Crippen LogP contribution in [0.5, 0.6) is 0 Å². The van der Waals surface area contributed by atoms with E-state index in [0.29, 0.717) is 28.7 Å². The first-order chi connectivity index (χ1) is 13.9. The molecule has 0 spiro atoms. The van der Waals surface area contributed by atoms with Crippen LogP contribution in [0.3, 0.4) is 0 Å². The van der Waals surface area contributed by atoms with Crippen molar-refractivity contribution in [2.75, 3.05) is 5.32 Å². The van der Waals surface area contributed by atoms with Crippen LogP contribution in [0.15, 0.2) is 41.1 Å². The highest BCUT2D eigenvalue weighted by Crippen LogP contribution is 2.33. The molecular formula is C21H24N6O2. The fraction of sp³-hybridized carbons (Fsp3) is 0.381. The minimum Gasteiger partial charge on any atom is -0.421 e. The van der Waals surface area contributed by atoms with Gasteiger partial charge in [0.2, 0.25) is 11.8 Å². The van der Waals surface area contributed by atoms with E-state index in [-0.39, 0.29) is 17.5 Å². The average molecular weight is 392 g/mol. The second kappa shape index (κ2) is 7.62. The Kier molecular flexibility index (Phi) is 5.00. The largest absolute Gasteiger partial charge is 0.421 e. The Labute approximate surface area is 169 Å². The van der Waals surface area contributed by atoms with Gasteiger partial charge in [-0.05, 0) is 45.2 Å². The van der Waals surface area contributed by atoms with Crippen LogP contribution in [-0.4, -0.2) is 37.7 Å². The Bertz CT molecular complexity index is 1020. The quantitative estimate of drug-likeness (QED) is 0.686. The van der Waals surface area contributed by atoms with Crippen molar-refractivity contribution in [1.82, 2.24) is 25.5 Å². The Hall–Kier alpha value is -3.29. The maximum atomic E-state index is 13.1. The van der Waals surface area contributed by atoms with Gasteiger partial charge in [0.1, 0.15) is 5.82 Å². The van der Waals surface area contributed by atoms with Crippen molar-refractivity contribution in [2.24, 2.45) is 0 Å². The molecule has 0 saturated heterocycles. The Morgan fingerprint density at radius 1 is 1.17 bits per heavy atom. The van der Waals surface area contributed by atoms with Gasteiger partial charge < -0.3 is 15.1 Å². The van der Waals surface area contributed by atoms with Gasteiger partial charge in [-0.15, -0.1) is 10.2 Å². The number of aromatic nitrogens is 4. The van der Waals surface area contributed by atoms with Crippen molar-refractivity contribution < 1.29 is 9.21 Å². The van der Waals surface area contributed by atoms with Crippen LogP contribution < -0.4 is 10.6 Å². The summed E-state index contributed by atoms with van der Waals surface area (Å²) in [5.74, 6) is 1.35. The maximum absolute atomic E-state index is 13.1. The van der Waals surface area contributed by atoms with Gasteiger partial charge in [-0.2, -0.15) is 0 Å². The van der Waals surface area contributed by atoms with E-state index in [4.69, 9.17) is 4.42 Å². The van der Waals surface area contributed by atoms with Gasteiger partial charge in [0.15, 0.2) is 0 Å². The molecule has 2 N–H and O–H groups in total. The van der Waals surface area contributed by atoms with Gasteiger partial charge in [0.25, 0.3) is 5.91 Å². The number of benzene rings is 1. The molecule has 0 bridgehead atoms. The molecule has 4 rings (SSSR count). The standard InChI is InChI=1S/C21H24N6O2/c1-13-11-23-18(12-22-13)25-21(3)10-6-9-17(21)24-19(28)15-7-4-5-8-16(15)20-27-26-14(2)29-20/h4-5,7-8,11-12,17H,6,9-10H2,1-3H3,(H,23,25)(H,24,28)/t17-,21-/m0/s1. The third kappa shape index (κ3) is 3.96. The molecule has 0 radical (unpaired) electrons. The van der Waals surface area contributed by atoms with Crippen molar-refractivity contribution in [3.05, 3.63) is 53.8 Å². The summed E-state index contributed by atoms with van der Waals surface area (Å²) in [5, 5.41) is 14.6. The first kappa shape index (κ1) is 19.0. The van der Waals surface area contributed by atoms with E-state index in [9.17, 15) is 4.79 Å². The molecule has 29 heavy (non-hydrogen) atoms. The lowest BCUT2D eigenvalue weighted by molar-refractivity contribution is 0.0927. The molecule has 1 aromatic carbocycles. The van der Waals surface area contributed by atoms with Crippen LogP contribution in [0, 0.1) is 13.8 Å². The zero-order valence-corrected chi connectivity index (χ0v) is 16.8. The molecule has 0 aliphatic heterocycles. The van der Waals surface area contributed by atoms with Crippen molar-refractivity contribution >= 4 is 11.7 Å². The summed E-state index contributed by atoms with van der Waals surface area (Å²) in [4.78, 5) is 21.8. The molecule has 0 unspecified atom stereocenters. The van der Waals surface area contributed by atoms with E-state index in [2.05, 4.69) is 37.7 Å². The molecule has 1 aliphatic carbocycles. The Balaban J connectivity index is 1.54. The zero-order chi connectivity index (χ0) is 20.4. The van der Waals surface area contributed by atoms with E-state index in [0.717, 1.165) is 25.0 Å². The summed E-state index contributed by atoms with van der Waals surface area (Å²) in [6, 6.07) is 7.22. The lowest BCUT2D eigenvalue weighted by atomic mass is 9.94. The summed E-state index contributed by atoms with van der Waals surface area (Å²) < 4.78 is 5.53. The number of carbonyl (C=O) groups is 1. The number of hydrogen-bond acceptors (Lipinski definition) is 7. The van der Waals surface area contributed by atoms with Gasteiger partial charge >= 0.3 is 0 Å². The topological polar surface area (TPSA) is 106 Å². The predicted octanol–water partition coefficient (Wildman–Crippen LogP) is 3.30. The first-order valence-corrected chi connectivity index (χ1v) is 9.72. The van der Waals surface area contributed by atoms with Gasteiger partial charge in [0.05, 0.1) is 40.8 Å². The molecular weight excluding hydrogens is 368 g/mol. The fourth-order valence-electron chi connectivity index (χ4n) is 3.81. The van der Waals surface area contributed by atoms with E-state index in [1.165, 1.54) is 0 Å². The lowest BCUT2D eigenvalue weighted by Crippen LogP contribution is -2.52. The van der Waals surface area contributed by atoms with Crippen molar-refractivity contribution in [3.8, 4) is 11.5 Å². The molecule has 3 aromatic rings. The second-order valence-corrected chi connectivity index (χ2v) is 7.68. The summed E-state index contributed by atoms with van der Waals surface area (Å²) >= 11 is 0. The molecule has 2 aromatic heterocycles. The summed E-state index contributed by atoms with van der Waals surface area (Å²) in [6.45, 7) is 5.74. The third-order valence-electron chi connectivity index (χ3n) is 5.39. The van der Waals surface area contributed by atoms with Crippen LogP contribution in [-0.2, 0) is 0 Å². The first-order valence-electron chi connectivity index (χ1n) is 9.72. The highest BCUT2D eigenvalue weighted by atomic mass is 16.4. The minimum absolute atomic E-state index is 0.0458. The predicted molar refractivity (Wildman–Crippen MR) is 108 cm³/mol. The monoisotopic (exact) mass is 392 g/mol. The van der Waals surface area contributed by atoms with E-state index >= 15 is 0 Å². The number of amides is 1. The maximum Gasteiger partial charge on any atom is 0.252 e. The van der Waals surface area contributed by atoms with E-state index in [1.807, 2.05) is 25.1 Å². The van der Waals surface area contributed by atoms with Crippen molar-refractivity contribution in [2.45, 2.75) is 51.6 Å². The smallest absolute Gasteiger partial charge is 0.252 e. The molecule has 1 saturated carbocycles. The molecule has 1 fully saturated rings. The highest BCUT2D eigenvalue weighted by Gasteiger charge is 2.40. The lowest BCUT2D eigenvalue weighted by Gasteiger charge is -2.33. The van der Waals surface area contributed by atoms with Crippen LogP contribution >= 0.6 is 0 Å². The Morgan fingerprint density at radius 3 is 2.72 bits per heavy atom. The number of aryl methyl sites for hydroxylation is 2. The van der Waals surface area contributed by atoms with Gasteiger partial charge in [-0.1, -0.05) is 12.1 Å². The van der Waals surface area contributed by atoms with Gasteiger partial charge in [0, 0.05) is 6.92 Å². The normalized spacial score (nSPS) is 21.1. The number of nitrogens with one attached hydrogen (secondary N) is 2. The number of anilines is 1. The van der Waals surface area contributed by atoms with Crippen LogP contribution in [0.2, 0.25) is 0 Å². The summed E-state index contributed by atoms with van der Waals surface area (Å²) in [5.41, 5.74) is 1.70. The number of nitrogens with zero attached hydrogens (tertiary/aromatic N) is 4. The molecule has 1 amide bonds. The van der Waals surface area contributed by atoms with Crippen LogP contribution in [0.4, 0.5) is 5.82 Å². The fourth-order valence-corrected chi connectivity index (χ4v) is 3.81. The SMILES string of the molecule is Cc1cnc(N[C@@]2(C)CCC[C@@H]2NC(=O)c2ccccc2-c2nnc(C)o2)cn1. The third-order valence-corrected chi connectivity index (χ3v) is 5.39. The number of carbonyl (C=O) groups excluding carboxylic acids is 1. The average Bonchev–Trinajstić information content (AvgIpc) is 3.30. The molecule has 2 heterocycles. The molecule has 2 atom stereocenters. The van der Waals surface area contributed by atoms with Crippen LogP contribution in [0.1, 0.15) is 48.1 Å². The number of hydrogen-bond donors (Lipinski definition) is 2. The molecule has 1 aliphatic rings. The number of rotatable bonds is 5. The zero-order valence-electron chi connectivity index (χ0n) is 16.8. The molecule has 8 heteroatoms. The minimum atomic E-state index is -0.310. The Morgan fingerprint density at radius 2 is 2.00 bits per heavy atom. The van der Waals surface area contributed by atoms with Gasteiger partial charge in [-0.3, -0.25) is 9.78 Å². The van der Waals surface area contributed by atoms with Gasteiger partial charge in [-0.25, -0.2) is 4.98 Å². The second-order valence-electron chi connectivity index (χ2n) is 7.68. The van der Waals surface area contributed by atoms with Crippen LogP contribution in [0.25, 0.3) is 11.5 Å². The van der Waals surface area contributed by atoms with Crippen molar-refractivity contribution in [3.63, 3.8) is 0 Å². The highest BCUT2D eigenvalue weighted by molar-refractivity contribution is 6.00. The molecule has 150 valence electrons. The molecule has 8 nitrogen and oxygen atoms in total. The van der Waals surface area contributed by atoms with E-state index in [1.54, 1.807) is 25.4 Å². The summed E-state index contributed by atoms with van der Waals surface area (Å²) in [6.07, 6.45) is 6.29. The van der Waals surface area contributed by atoms with Crippen molar-refractivity contribution in [1.29, 1.82) is 0 Å². The summed E-state index contributed by atoms with van der Waals surface area (Å²) in [7, 11) is 0. The van der Waals surface area contributed by atoms with E-state index < -0.39 is 0 Å².